The molecule has 0 spiro atoms. The molecular weight excluding hydrogens is 658 g/mol. The number of esters is 2. The Balaban J connectivity index is 1.80. The van der Waals surface area contributed by atoms with Crippen LogP contribution in [-0.4, -0.2) is 137 Å². The molecule has 4 N–H and O–H groups in total. The zero-order valence-corrected chi connectivity index (χ0v) is 31.9. The molecule has 0 unspecified atom stereocenters. The van der Waals surface area contributed by atoms with Crippen molar-refractivity contribution >= 4 is 18.0 Å². The van der Waals surface area contributed by atoms with Gasteiger partial charge in [-0.15, -0.1) is 0 Å². The second-order valence-electron chi connectivity index (χ2n) is 15.0. The fourth-order valence-corrected chi connectivity index (χ4v) is 6.84. The molecule has 1 amide bonds. The number of ether oxygens (including phenoxy) is 4. The Morgan fingerprint density at radius 2 is 1.90 bits per heavy atom. The molecule has 10 atom stereocenters. The van der Waals surface area contributed by atoms with Crippen molar-refractivity contribution in [3.05, 3.63) is 36.0 Å². The minimum atomic E-state index is -1.32. The van der Waals surface area contributed by atoms with Crippen LogP contribution < -0.4 is 5.32 Å². The number of rotatable bonds is 13. The van der Waals surface area contributed by atoms with E-state index in [1.165, 1.54) is 6.92 Å². The fraction of sp³-hybridized carbons (Fsp3) is 0.763. The summed E-state index contributed by atoms with van der Waals surface area (Å²) in [5.41, 5.74) is -1.81. The van der Waals surface area contributed by atoms with Gasteiger partial charge < -0.3 is 44.5 Å². The van der Waals surface area contributed by atoms with Gasteiger partial charge in [0.2, 0.25) is 0 Å². The highest BCUT2D eigenvalue weighted by atomic mass is 16.6. The first-order valence-electron chi connectivity index (χ1n) is 18.5. The average molecular weight is 722 g/mol. The van der Waals surface area contributed by atoms with Crippen molar-refractivity contribution in [2.45, 2.75) is 128 Å². The van der Waals surface area contributed by atoms with E-state index in [9.17, 15) is 29.7 Å². The molecule has 2 fully saturated rings. The lowest BCUT2D eigenvalue weighted by Crippen LogP contribution is -2.52. The minimum Gasteiger partial charge on any atom is -0.457 e. The van der Waals surface area contributed by atoms with E-state index in [1.54, 1.807) is 49.1 Å². The molecule has 0 aromatic heterocycles. The third kappa shape index (κ3) is 13.3. The van der Waals surface area contributed by atoms with Gasteiger partial charge in [0.05, 0.1) is 36.4 Å². The van der Waals surface area contributed by atoms with Gasteiger partial charge >= 0.3 is 18.0 Å². The third-order valence-corrected chi connectivity index (χ3v) is 10.3. The molecule has 3 aliphatic rings. The van der Waals surface area contributed by atoms with Gasteiger partial charge in [-0.3, -0.25) is 14.5 Å². The van der Waals surface area contributed by atoms with E-state index in [2.05, 4.69) is 10.2 Å². The molecule has 3 heterocycles. The van der Waals surface area contributed by atoms with E-state index in [0.717, 1.165) is 13.1 Å². The highest BCUT2D eigenvalue weighted by Crippen LogP contribution is 2.38. The van der Waals surface area contributed by atoms with Gasteiger partial charge in [0.1, 0.15) is 11.7 Å². The summed E-state index contributed by atoms with van der Waals surface area (Å²) in [4.78, 5) is 42.7. The lowest BCUT2D eigenvalue weighted by Gasteiger charge is -2.39. The molecule has 2 saturated heterocycles. The van der Waals surface area contributed by atoms with Gasteiger partial charge in [0.15, 0.2) is 6.10 Å². The van der Waals surface area contributed by atoms with Gasteiger partial charge in [-0.2, -0.15) is 0 Å². The number of aliphatic hydroxyl groups excluding tert-OH is 2. The topological polar surface area (TPSA) is 171 Å². The quantitative estimate of drug-likeness (QED) is 0.0722. The molecule has 0 aromatic carbocycles. The third-order valence-electron chi connectivity index (χ3n) is 10.3. The standard InChI is InChI=1S/C38H63N3O10/c1-9-30(44)27(4)35-31(48-35)24-37(6,47)15-10-11-25(2)34-26(3)12-13-32(49-36(46)41-21-19-40(20-22-41)18-17-39-8)38(7,51-28(5)42)16-14-29(43)23-33(45)50-34/h10-13,15,26-27,29-32,34-35,39,43-44,47H,9,14,16-24H2,1-8H3/b13-12+,15-10+,25-11+/t26-,27+,29+,30-,31+,32-,34+,35+,37-,38+/m0/s1. The maximum absolute atomic E-state index is 13.5. The Bertz CT molecular complexity index is 1250. The zero-order valence-electron chi connectivity index (χ0n) is 31.9. The van der Waals surface area contributed by atoms with E-state index < -0.39 is 59.6 Å². The van der Waals surface area contributed by atoms with Gasteiger partial charge in [-0.1, -0.05) is 45.1 Å². The van der Waals surface area contributed by atoms with Crippen molar-refractivity contribution in [2.75, 3.05) is 46.3 Å². The number of aliphatic hydroxyl groups is 3. The second kappa shape index (κ2) is 19.3. The monoisotopic (exact) mass is 721 g/mol. The average Bonchev–Trinajstić information content (AvgIpc) is 3.83. The zero-order chi connectivity index (χ0) is 37.9. The van der Waals surface area contributed by atoms with E-state index in [4.69, 9.17) is 18.9 Å². The van der Waals surface area contributed by atoms with E-state index in [1.807, 2.05) is 34.7 Å². The number of nitrogens with zero attached hydrogens (tertiary/aromatic N) is 2. The summed E-state index contributed by atoms with van der Waals surface area (Å²) in [7, 11) is 1.90. The number of cyclic esters (lactones) is 1. The Morgan fingerprint density at radius 1 is 1.22 bits per heavy atom. The van der Waals surface area contributed by atoms with Crippen molar-refractivity contribution < 1.29 is 48.7 Å². The lowest BCUT2D eigenvalue weighted by atomic mass is 9.88. The van der Waals surface area contributed by atoms with Gasteiger partial charge in [0, 0.05) is 64.4 Å². The number of epoxide rings is 1. The van der Waals surface area contributed by atoms with Crippen LogP contribution in [0.25, 0.3) is 0 Å². The minimum absolute atomic E-state index is 0.0234. The smallest absolute Gasteiger partial charge is 0.410 e. The van der Waals surface area contributed by atoms with E-state index in [-0.39, 0.29) is 37.4 Å². The summed E-state index contributed by atoms with van der Waals surface area (Å²) in [6.07, 6.45) is 5.54. The van der Waals surface area contributed by atoms with Crippen LogP contribution in [0.1, 0.15) is 80.6 Å². The molecular formula is C38H63N3O10. The van der Waals surface area contributed by atoms with Crippen LogP contribution in [-0.2, 0) is 28.5 Å². The highest BCUT2D eigenvalue weighted by molar-refractivity contribution is 5.71. The predicted octanol–water partition coefficient (Wildman–Crippen LogP) is 3.12. The van der Waals surface area contributed by atoms with Gasteiger partial charge in [-0.25, -0.2) is 4.79 Å². The van der Waals surface area contributed by atoms with Gasteiger partial charge in [-0.05, 0) is 58.7 Å². The first-order valence-corrected chi connectivity index (χ1v) is 18.5. The summed E-state index contributed by atoms with van der Waals surface area (Å²) in [6, 6.07) is 0. The van der Waals surface area contributed by atoms with Crippen LogP contribution in [0.2, 0.25) is 0 Å². The number of nitrogens with one attached hydrogen (secondary N) is 1. The maximum Gasteiger partial charge on any atom is 0.410 e. The number of piperazine rings is 1. The largest absolute Gasteiger partial charge is 0.457 e. The maximum atomic E-state index is 13.5. The van der Waals surface area contributed by atoms with Gasteiger partial charge in [0.25, 0.3) is 0 Å². The number of likely N-dealkylation sites (N-methyl/N-ethyl adjacent to an activating group) is 1. The number of hydrogen-bond donors (Lipinski definition) is 4. The molecule has 290 valence electrons. The number of hydrogen-bond acceptors (Lipinski definition) is 12. The van der Waals surface area contributed by atoms with Crippen LogP contribution in [0.4, 0.5) is 4.79 Å². The first-order chi connectivity index (χ1) is 24.0. The molecule has 0 saturated carbocycles. The second-order valence-corrected chi connectivity index (χ2v) is 15.0. The predicted molar refractivity (Wildman–Crippen MR) is 193 cm³/mol. The van der Waals surface area contributed by atoms with Crippen LogP contribution in [0.5, 0.6) is 0 Å². The highest BCUT2D eigenvalue weighted by Gasteiger charge is 2.47. The Morgan fingerprint density at radius 3 is 2.53 bits per heavy atom. The molecule has 0 aromatic rings. The first kappa shape index (κ1) is 42.6. The fourth-order valence-electron chi connectivity index (χ4n) is 6.84. The van der Waals surface area contributed by atoms with Crippen molar-refractivity contribution in [1.29, 1.82) is 0 Å². The van der Waals surface area contributed by atoms with E-state index in [0.29, 0.717) is 44.6 Å². The Labute approximate surface area is 304 Å². The number of carbonyl (C=O) groups excluding carboxylic acids is 3. The molecule has 3 aliphatic heterocycles. The number of allylic oxidation sites excluding steroid dienone is 2. The van der Waals surface area contributed by atoms with Crippen LogP contribution in [0.15, 0.2) is 36.0 Å². The molecule has 13 nitrogen and oxygen atoms in total. The SMILES string of the molecule is CC[C@H](O)[C@@H](C)[C@H]1O[C@@H]1C[C@@](C)(O)/C=C/C=C(\C)[C@H]1OC(=O)C[C@H](O)CC[C@@](C)(OC(C)=O)[C@@H](OC(=O)N2CCN(CCNC)CC2)/C=C/[C@@H]1C. The van der Waals surface area contributed by atoms with E-state index >= 15 is 0 Å². The molecule has 0 bridgehead atoms. The lowest BCUT2D eigenvalue weighted by molar-refractivity contribution is -0.168. The van der Waals surface area contributed by atoms with Crippen molar-refractivity contribution in [1.82, 2.24) is 15.1 Å². The van der Waals surface area contributed by atoms with Crippen molar-refractivity contribution in [2.24, 2.45) is 11.8 Å². The van der Waals surface area contributed by atoms with Crippen molar-refractivity contribution in [3.8, 4) is 0 Å². The summed E-state index contributed by atoms with van der Waals surface area (Å²) in [5.74, 6) is -1.58. The summed E-state index contributed by atoms with van der Waals surface area (Å²) >= 11 is 0. The normalized spacial score (nSPS) is 32.9. The molecule has 51 heavy (non-hydrogen) atoms. The summed E-state index contributed by atoms with van der Waals surface area (Å²) in [6.45, 7) is 16.3. The van der Waals surface area contributed by atoms with Crippen LogP contribution in [0.3, 0.4) is 0 Å². The van der Waals surface area contributed by atoms with Crippen LogP contribution >= 0.6 is 0 Å². The van der Waals surface area contributed by atoms with Crippen LogP contribution in [0, 0.1) is 11.8 Å². The Hall–Kier alpha value is -2.81. The molecule has 0 radical (unpaired) electrons. The molecule has 13 heteroatoms. The van der Waals surface area contributed by atoms with Crippen molar-refractivity contribution in [3.63, 3.8) is 0 Å². The number of carbonyl (C=O) groups is 3. The Kier molecular flexibility index (Phi) is 16.1. The molecule has 0 aliphatic carbocycles. The number of amides is 1. The summed E-state index contributed by atoms with van der Waals surface area (Å²) in [5, 5.41) is 35.2. The summed E-state index contributed by atoms with van der Waals surface area (Å²) < 4.78 is 23.5. The molecule has 3 rings (SSSR count).